The number of halogens is 1. The average Bonchev–Trinajstić information content (AvgIpc) is 2.87. The smallest absolute Gasteiger partial charge is 0.317 e. The van der Waals surface area contributed by atoms with Gasteiger partial charge in [-0.05, 0) is 44.5 Å². The highest BCUT2D eigenvalue weighted by molar-refractivity contribution is 6.30. The van der Waals surface area contributed by atoms with Gasteiger partial charge in [0.15, 0.2) is 0 Å². The van der Waals surface area contributed by atoms with E-state index in [1.807, 2.05) is 16.8 Å². The van der Waals surface area contributed by atoms with Gasteiger partial charge in [-0.2, -0.15) is 0 Å². The molecule has 0 radical (unpaired) electrons. The summed E-state index contributed by atoms with van der Waals surface area (Å²) in [6.07, 6.45) is 2.97. The largest absolute Gasteiger partial charge is 0.495 e. The molecule has 1 aliphatic heterocycles. The lowest BCUT2D eigenvalue weighted by molar-refractivity contribution is -0.138. The predicted molar refractivity (Wildman–Crippen MR) is 106 cm³/mol. The number of amides is 1. The Balaban J connectivity index is 1.81. The Bertz CT molecular complexity index is 656. The molecule has 1 aliphatic rings. The molecule has 1 atom stereocenters. The maximum Gasteiger partial charge on any atom is 0.317 e. The number of aliphatic carboxylic acids is 1. The third-order valence-electron chi connectivity index (χ3n) is 4.87. The zero-order valence-electron chi connectivity index (χ0n) is 15.9. The first-order chi connectivity index (χ1) is 12.9. The maximum atomic E-state index is 12.5. The molecule has 2 N–H and O–H groups in total. The van der Waals surface area contributed by atoms with Gasteiger partial charge in [0, 0.05) is 37.1 Å². The van der Waals surface area contributed by atoms with Crippen LogP contribution in [0.2, 0.25) is 5.02 Å². The minimum Gasteiger partial charge on any atom is -0.495 e. The number of hydrogen-bond acceptors (Lipinski definition) is 5. The van der Waals surface area contributed by atoms with E-state index in [0.717, 1.165) is 31.5 Å². The van der Waals surface area contributed by atoms with E-state index in [0.29, 0.717) is 30.3 Å². The minimum absolute atomic E-state index is 0.0317. The van der Waals surface area contributed by atoms with Gasteiger partial charge >= 0.3 is 5.97 Å². The zero-order valence-corrected chi connectivity index (χ0v) is 16.7. The summed E-state index contributed by atoms with van der Waals surface area (Å²) in [7, 11) is 3.42. The number of methoxy groups -OCH3 is 1. The fourth-order valence-electron chi connectivity index (χ4n) is 3.39. The number of likely N-dealkylation sites (N-methyl/N-ethyl adjacent to an activating group) is 1. The minimum atomic E-state index is -0.822. The molecule has 7 nitrogen and oxygen atoms in total. The maximum absolute atomic E-state index is 12.5. The molecule has 1 saturated heterocycles. The van der Waals surface area contributed by atoms with Crippen molar-refractivity contribution >= 4 is 29.2 Å². The van der Waals surface area contributed by atoms with Crippen molar-refractivity contribution in [2.24, 2.45) is 0 Å². The summed E-state index contributed by atoms with van der Waals surface area (Å²) in [5.41, 5.74) is 0.768. The summed E-state index contributed by atoms with van der Waals surface area (Å²) in [5.74, 6) is -0.0341. The lowest BCUT2D eigenvalue weighted by Crippen LogP contribution is -2.37. The Kier molecular flexibility index (Phi) is 8.19. The Morgan fingerprint density at radius 3 is 2.85 bits per heavy atom. The van der Waals surface area contributed by atoms with Gasteiger partial charge in [-0.25, -0.2) is 0 Å². The Hall–Kier alpha value is -1.99. The number of anilines is 1. The molecule has 2 rings (SSSR count). The second kappa shape index (κ2) is 10.4. The first kappa shape index (κ1) is 21.3. The molecule has 27 heavy (non-hydrogen) atoms. The molecule has 1 amide bonds. The van der Waals surface area contributed by atoms with E-state index in [1.54, 1.807) is 25.3 Å². The first-order valence-electron chi connectivity index (χ1n) is 9.18. The number of carbonyl (C=O) groups excluding carboxylic acids is 1. The highest BCUT2D eigenvalue weighted by Gasteiger charge is 2.23. The molecular weight excluding hydrogens is 370 g/mol. The monoisotopic (exact) mass is 397 g/mol. The number of nitrogens with one attached hydrogen (secondary N) is 1. The predicted octanol–water partition coefficient (Wildman–Crippen LogP) is 2.55. The fraction of sp³-hybridized carbons (Fsp3) is 0.579. The van der Waals surface area contributed by atoms with E-state index in [9.17, 15) is 9.59 Å². The number of likely N-dealkylation sites (tertiary alicyclic amines) is 1. The molecule has 1 unspecified atom stereocenters. The second-order valence-corrected chi connectivity index (χ2v) is 7.23. The van der Waals surface area contributed by atoms with Crippen LogP contribution in [0.1, 0.15) is 25.7 Å². The van der Waals surface area contributed by atoms with Crippen molar-refractivity contribution < 1.29 is 19.4 Å². The number of carboxylic acid groups (broad SMARTS) is 1. The summed E-state index contributed by atoms with van der Waals surface area (Å²) < 4.78 is 5.29. The lowest BCUT2D eigenvalue weighted by Gasteiger charge is -2.25. The standard InChI is InChI=1S/C19H28ClN3O4/c1-22(13-19(25)26)15-4-3-10-23(11-8-15)18(24)7-9-21-16-12-14(20)5-6-17(16)27-2/h5-6,12,15,21H,3-4,7-11,13H2,1-2H3,(H,25,26). The third-order valence-corrected chi connectivity index (χ3v) is 5.11. The molecule has 0 aromatic heterocycles. The van der Waals surface area contributed by atoms with Gasteiger partial charge in [0.05, 0.1) is 19.3 Å². The molecule has 1 fully saturated rings. The van der Waals surface area contributed by atoms with Crippen LogP contribution in [0.3, 0.4) is 0 Å². The van der Waals surface area contributed by atoms with Crippen LogP contribution in [0, 0.1) is 0 Å². The van der Waals surface area contributed by atoms with Gasteiger partial charge in [0.1, 0.15) is 5.75 Å². The van der Waals surface area contributed by atoms with Crippen LogP contribution < -0.4 is 10.1 Å². The van der Waals surface area contributed by atoms with Crippen LogP contribution in [0.15, 0.2) is 18.2 Å². The van der Waals surface area contributed by atoms with Gasteiger partial charge in [-0.3, -0.25) is 14.5 Å². The number of carbonyl (C=O) groups is 2. The van der Waals surface area contributed by atoms with E-state index in [1.165, 1.54) is 0 Å². The summed E-state index contributed by atoms with van der Waals surface area (Å²) >= 11 is 6.01. The molecule has 150 valence electrons. The van der Waals surface area contributed by atoms with E-state index in [2.05, 4.69) is 5.32 Å². The average molecular weight is 398 g/mol. The molecule has 1 heterocycles. The quantitative estimate of drug-likeness (QED) is 0.701. The molecule has 0 aliphatic carbocycles. The molecule has 1 aromatic carbocycles. The van der Waals surface area contributed by atoms with E-state index >= 15 is 0 Å². The molecule has 0 saturated carbocycles. The second-order valence-electron chi connectivity index (χ2n) is 6.80. The topological polar surface area (TPSA) is 82.1 Å². The normalized spacial score (nSPS) is 17.5. The Labute approximate surface area is 165 Å². The lowest BCUT2D eigenvalue weighted by atomic mass is 10.1. The Morgan fingerprint density at radius 2 is 2.15 bits per heavy atom. The van der Waals surface area contributed by atoms with Crippen molar-refractivity contribution in [1.29, 1.82) is 0 Å². The SMILES string of the molecule is COc1ccc(Cl)cc1NCCC(=O)N1CCCC(N(C)CC(=O)O)CC1. The van der Waals surface area contributed by atoms with Crippen molar-refractivity contribution in [2.45, 2.75) is 31.7 Å². The van der Waals surface area contributed by atoms with Crippen molar-refractivity contribution in [1.82, 2.24) is 9.80 Å². The van der Waals surface area contributed by atoms with E-state index in [-0.39, 0.29) is 18.5 Å². The van der Waals surface area contributed by atoms with Crippen LogP contribution in [-0.2, 0) is 9.59 Å². The number of carboxylic acids is 1. The number of benzene rings is 1. The summed E-state index contributed by atoms with van der Waals surface area (Å²) in [4.78, 5) is 27.2. The number of rotatable bonds is 8. The zero-order chi connectivity index (χ0) is 19.8. The van der Waals surface area contributed by atoms with Crippen LogP contribution >= 0.6 is 11.6 Å². The van der Waals surface area contributed by atoms with E-state index in [4.69, 9.17) is 21.4 Å². The first-order valence-corrected chi connectivity index (χ1v) is 9.55. The van der Waals surface area contributed by atoms with Crippen molar-refractivity contribution in [2.75, 3.05) is 45.7 Å². The molecule has 0 spiro atoms. The number of ether oxygens (including phenoxy) is 1. The van der Waals surface area contributed by atoms with Crippen LogP contribution in [-0.4, -0.2) is 73.2 Å². The van der Waals surface area contributed by atoms with Crippen molar-refractivity contribution in [3.8, 4) is 5.75 Å². The van der Waals surface area contributed by atoms with Gasteiger partial charge in [-0.15, -0.1) is 0 Å². The van der Waals surface area contributed by atoms with Crippen LogP contribution in [0.5, 0.6) is 5.75 Å². The van der Waals surface area contributed by atoms with Crippen molar-refractivity contribution in [3.63, 3.8) is 0 Å². The summed E-state index contributed by atoms with van der Waals surface area (Å²) in [6.45, 7) is 1.91. The van der Waals surface area contributed by atoms with Gasteiger partial charge in [0.25, 0.3) is 0 Å². The molecule has 1 aromatic rings. The molecule has 8 heteroatoms. The van der Waals surface area contributed by atoms with Crippen molar-refractivity contribution in [3.05, 3.63) is 23.2 Å². The third kappa shape index (κ3) is 6.59. The summed E-state index contributed by atoms with van der Waals surface area (Å²) in [5, 5.41) is 12.8. The van der Waals surface area contributed by atoms with Gasteiger partial charge in [0.2, 0.25) is 5.91 Å². The van der Waals surface area contributed by atoms with Gasteiger partial charge in [-0.1, -0.05) is 11.6 Å². The van der Waals surface area contributed by atoms with Crippen LogP contribution in [0.25, 0.3) is 0 Å². The molecule has 0 bridgehead atoms. The number of hydrogen-bond donors (Lipinski definition) is 2. The van der Waals surface area contributed by atoms with Gasteiger partial charge < -0.3 is 20.1 Å². The number of nitrogens with zero attached hydrogens (tertiary/aromatic N) is 2. The highest BCUT2D eigenvalue weighted by atomic mass is 35.5. The molecular formula is C19H28ClN3O4. The highest BCUT2D eigenvalue weighted by Crippen LogP contribution is 2.27. The Morgan fingerprint density at radius 1 is 1.37 bits per heavy atom. The summed E-state index contributed by atoms with van der Waals surface area (Å²) in [6, 6.07) is 5.52. The van der Waals surface area contributed by atoms with E-state index < -0.39 is 5.97 Å². The fourth-order valence-corrected chi connectivity index (χ4v) is 3.56. The van der Waals surface area contributed by atoms with Crippen LogP contribution in [0.4, 0.5) is 5.69 Å².